The monoisotopic (exact) mass is 274 g/mol. The first kappa shape index (κ1) is 13.1. The quantitative estimate of drug-likeness (QED) is 0.795. The van der Waals surface area contributed by atoms with E-state index in [0.29, 0.717) is 12.1 Å². The van der Waals surface area contributed by atoms with Crippen molar-refractivity contribution in [3.63, 3.8) is 0 Å². The lowest BCUT2D eigenvalue weighted by molar-refractivity contribution is 1.04. The zero-order valence-corrected chi connectivity index (χ0v) is 11.7. The maximum absolute atomic E-state index is 8.96. The molecule has 0 atom stereocenters. The minimum absolute atomic E-state index is 0.577. The van der Waals surface area contributed by atoms with Gasteiger partial charge in [0.05, 0.1) is 41.1 Å². The van der Waals surface area contributed by atoms with Gasteiger partial charge in [0, 0.05) is 5.69 Å². The molecule has 1 heterocycles. The van der Waals surface area contributed by atoms with Crippen LogP contribution >= 0.6 is 0 Å². The summed E-state index contributed by atoms with van der Waals surface area (Å²) in [6.07, 6.45) is 1.78. The number of anilines is 1. The molecule has 0 unspecified atom stereocenters. The molecular formula is C17H14N4. The number of aryl methyl sites for hydroxylation is 1. The molecule has 0 radical (unpaired) electrons. The Hall–Kier alpha value is -2.93. The second-order valence-corrected chi connectivity index (χ2v) is 4.85. The van der Waals surface area contributed by atoms with E-state index in [4.69, 9.17) is 5.26 Å². The normalized spacial score (nSPS) is 10.3. The average Bonchev–Trinajstić information content (AvgIpc) is 2.54. The van der Waals surface area contributed by atoms with Crippen molar-refractivity contribution in [2.45, 2.75) is 13.5 Å². The van der Waals surface area contributed by atoms with Crippen LogP contribution in [0.1, 0.15) is 16.8 Å². The Bertz CT molecular complexity index is 834. The summed E-state index contributed by atoms with van der Waals surface area (Å²) in [5.74, 6) is 0. The van der Waals surface area contributed by atoms with E-state index >= 15 is 0 Å². The van der Waals surface area contributed by atoms with Crippen molar-refractivity contribution in [2.75, 3.05) is 5.32 Å². The van der Waals surface area contributed by atoms with E-state index in [-0.39, 0.29) is 0 Å². The molecule has 0 amide bonds. The Balaban J connectivity index is 1.82. The molecule has 0 saturated carbocycles. The largest absolute Gasteiger partial charge is 0.379 e. The van der Waals surface area contributed by atoms with Gasteiger partial charge in [-0.05, 0) is 36.8 Å². The molecule has 3 aromatic rings. The first-order chi connectivity index (χ1) is 10.3. The number of benzene rings is 2. The van der Waals surface area contributed by atoms with Crippen LogP contribution in [0.5, 0.6) is 0 Å². The number of hydrogen-bond acceptors (Lipinski definition) is 4. The molecule has 4 heteroatoms. The zero-order chi connectivity index (χ0) is 14.7. The third-order valence-electron chi connectivity index (χ3n) is 3.33. The molecule has 3 rings (SSSR count). The van der Waals surface area contributed by atoms with E-state index in [1.807, 2.05) is 49.4 Å². The van der Waals surface area contributed by atoms with Crippen molar-refractivity contribution >= 4 is 16.7 Å². The molecule has 0 fully saturated rings. The van der Waals surface area contributed by atoms with Crippen LogP contribution in [0.4, 0.5) is 5.69 Å². The molecule has 0 aliphatic carbocycles. The van der Waals surface area contributed by atoms with Gasteiger partial charge in [-0.3, -0.25) is 4.98 Å². The van der Waals surface area contributed by atoms with Crippen LogP contribution in [0.2, 0.25) is 0 Å². The van der Waals surface area contributed by atoms with Crippen molar-refractivity contribution in [3.8, 4) is 6.07 Å². The number of nitriles is 1. The van der Waals surface area contributed by atoms with Crippen molar-refractivity contribution in [2.24, 2.45) is 0 Å². The maximum Gasteiger partial charge on any atom is 0.0992 e. The molecule has 0 bridgehead atoms. The highest BCUT2D eigenvalue weighted by atomic mass is 14.9. The van der Waals surface area contributed by atoms with Crippen LogP contribution in [-0.4, -0.2) is 9.97 Å². The van der Waals surface area contributed by atoms with Crippen LogP contribution in [-0.2, 0) is 6.54 Å². The fourth-order valence-corrected chi connectivity index (χ4v) is 2.15. The average molecular weight is 274 g/mol. The highest BCUT2D eigenvalue weighted by molar-refractivity contribution is 5.73. The summed E-state index contributed by atoms with van der Waals surface area (Å²) >= 11 is 0. The molecule has 0 saturated heterocycles. The number of para-hydroxylation sites is 2. The third-order valence-corrected chi connectivity index (χ3v) is 3.33. The summed E-state index contributed by atoms with van der Waals surface area (Å²) in [6, 6.07) is 15.6. The lowest BCUT2D eigenvalue weighted by Crippen LogP contribution is -2.04. The van der Waals surface area contributed by atoms with Gasteiger partial charge in [-0.25, -0.2) is 4.98 Å². The van der Waals surface area contributed by atoms with E-state index in [9.17, 15) is 0 Å². The predicted octanol–water partition coefficient (Wildman–Crippen LogP) is 3.42. The molecule has 0 spiro atoms. The van der Waals surface area contributed by atoms with Crippen molar-refractivity contribution in [3.05, 3.63) is 65.5 Å². The molecule has 1 N–H and O–H groups in total. The molecule has 4 nitrogen and oxygen atoms in total. The zero-order valence-electron chi connectivity index (χ0n) is 11.7. The number of nitrogens with zero attached hydrogens (tertiary/aromatic N) is 3. The summed E-state index contributed by atoms with van der Waals surface area (Å²) < 4.78 is 0. The van der Waals surface area contributed by atoms with Gasteiger partial charge in [0.2, 0.25) is 0 Å². The number of hydrogen-bond donors (Lipinski definition) is 1. The van der Waals surface area contributed by atoms with E-state index in [1.165, 1.54) is 0 Å². The Morgan fingerprint density at radius 3 is 2.76 bits per heavy atom. The standard InChI is InChI=1S/C17H14N4/c1-12-6-7-13(9-18)8-17(12)20-11-14-10-19-15-4-2-3-5-16(15)21-14/h2-8,10,20H,11H2,1H3. The van der Waals surface area contributed by atoms with Crippen molar-refractivity contribution in [1.82, 2.24) is 9.97 Å². The Kier molecular flexibility index (Phi) is 3.48. The predicted molar refractivity (Wildman–Crippen MR) is 82.8 cm³/mol. The second-order valence-electron chi connectivity index (χ2n) is 4.85. The molecule has 2 aromatic carbocycles. The van der Waals surface area contributed by atoms with Gasteiger partial charge in [-0.1, -0.05) is 18.2 Å². The number of rotatable bonds is 3. The fraction of sp³-hybridized carbons (Fsp3) is 0.118. The van der Waals surface area contributed by atoms with Crippen LogP contribution < -0.4 is 5.32 Å². The number of aromatic nitrogens is 2. The molecule has 0 aliphatic heterocycles. The highest BCUT2D eigenvalue weighted by Gasteiger charge is 2.02. The minimum Gasteiger partial charge on any atom is -0.379 e. The van der Waals surface area contributed by atoms with E-state index < -0.39 is 0 Å². The van der Waals surface area contributed by atoms with Gasteiger partial charge >= 0.3 is 0 Å². The van der Waals surface area contributed by atoms with Crippen LogP contribution in [0.25, 0.3) is 11.0 Å². The van der Waals surface area contributed by atoms with E-state index in [0.717, 1.165) is 28.0 Å². The molecule has 21 heavy (non-hydrogen) atoms. The SMILES string of the molecule is Cc1ccc(C#N)cc1NCc1cnc2ccccc2n1. The lowest BCUT2D eigenvalue weighted by atomic mass is 10.1. The second kappa shape index (κ2) is 5.59. The van der Waals surface area contributed by atoms with Gasteiger partial charge in [0.15, 0.2) is 0 Å². The van der Waals surface area contributed by atoms with Crippen LogP contribution in [0, 0.1) is 18.3 Å². The van der Waals surface area contributed by atoms with Gasteiger partial charge in [-0.2, -0.15) is 5.26 Å². The summed E-state index contributed by atoms with van der Waals surface area (Å²) in [5, 5.41) is 12.3. The van der Waals surface area contributed by atoms with Gasteiger partial charge < -0.3 is 5.32 Å². The summed E-state index contributed by atoms with van der Waals surface area (Å²) in [7, 11) is 0. The van der Waals surface area contributed by atoms with Crippen molar-refractivity contribution < 1.29 is 0 Å². The van der Waals surface area contributed by atoms with E-state index in [2.05, 4.69) is 21.4 Å². The molecule has 1 aromatic heterocycles. The maximum atomic E-state index is 8.96. The highest BCUT2D eigenvalue weighted by Crippen LogP contribution is 2.17. The first-order valence-corrected chi connectivity index (χ1v) is 6.71. The van der Waals surface area contributed by atoms with Gasteiger partial charge in [0.1, 0.15) is 0 Å². The van der Waals surface area contributed by atoms with Crippen molar-refractivity contribution in [1.29, 1.82) is 5.26 Å². The van der Waals surface area contributed by atoms with Gasteiger partial charge in [-0.15, -0.1) is 0 Å². The van der Waals surface area contributed by atoms with Gasteiger partial charge in [0.25, 0.3) is 0 Å². The Labute approximate surface area is 123 Å². The Morgan fingerprint density at radius 2 is 1.95 bits per heavy atom. The number of fused-ring (bicyclic) bond motifs is 1. The minimum atomic E-state index is 0.577. The van der Waals surface area contributed by atoms with Crippen LogP contribution in [0.3, 0.4) is 0 Å². The summed E-state index contributed by atoms with van der Waals surface area (Å²) in [6.45, 7) is 2.59. The topological polar surface area (TPSA) is 61.6 Å². The lowest BCUT2D eigenvalue weighted by Gasteiger charge is -2.09. The fourth-order valence-electron chi connectivity index (χ4n) is 2.15. The van der Waals surface area contributed by atoms with E-state index in [1.54, 1.807) is 6.20 Å². The molecule has 0 aliphatic rings. The third kappa shape index (κ3) is 2.82. The molecule has 102 valence electrons. The smallest absolute Gasteiger partial charge is 0.0992 e. The summed E-state index contributed by atoms with van der Waals surface area (Å²) in [5.41, 5.74) is 5.35. The molecular weight excluding hydrogens is 260 g/mol. The first-order valence-electron chi connectivity index (χ1n) is 6.71. The summed E-state index contributed by atoms with van der Waals surface area (Å²) in [4.78, 5) is 8.97. The number of nitrogens with one attached hydrogen (secondary N) is 1. The van der Waals surface area contributed by atoms with Crippen LogP contribution in [0.15, 0.2) is 48.7 Å². The Morgan fingerprint density at radius 1 is 1.14 bits per heavy atom.